The van der Waals surface area contributed by atoms with Crippen molar-refractivity contribution in [3.8, 4) is 0 Å². The lowest BCUT2D eigenvalue weighted by molar-refractivity contribution is -0.389. The van der Waals surface area contributed by atoms with Crippen LogP contribution in [0.2, 0.25) is 0 Å². The molecule has 6 nitrogen and oxygen atoms in total. The lowest BCUT2D eigenvalue weighted by atomic mass is 10.4. The molecule has 0 saturated heterocycles. The summed E-state index contributed by atoms with van der Waals surface area (Å²) in [6.07, 6.45) is 5.83. The fraction of sp³-hybridized carbons (Fsp3) is 0.385. The minimum absolute atomic E-state index is 0.248. The number of nitrogens with zero attached hydrogens (tertiary/aromatic N) is 3. The molecule has 20 heavy (non-hydrogen) atoms. The maximum absolute atomic E-state index is 12.2. The summed E-state index contributed by atoms with van der Waals surface area (Å²) in [6.45, 7) is 0. The number of pyridine rings is 1. The number of thioether (sulfide) groups is 1. The summed E-state index contributed by atoms with van der Waals surface area (Å²) >= 11 is 1.37. The Morgan fingerprint density at radius 1 is 1.35 bits per heavy atom. The smallest absolute Gasteiger partial charge is 0.262 e. The van der Waals surface area contributed by atoms with E-state index in [9.17, 15) is 14.9 Å². The lowest BCUT2D eigenvalue weighted by Crippen LogP contribution is -2.20. The van der Waals surface area contributed by atoms with E-state index in [4.69, 9.17) is 0 Å². The molecule has 0 N–H and O–H groups in total. The van der Waals surface area contributed by atoms with E-state index in [1.54, 1.807) is 18.2 Å². The van der Waals surface area contributed by atoms with Gasteiger partial charge in [-0.3, -0.25) is 19.3 Å². The molecule has 2 aromatic heterocycles. The topological polar surface area (TPSA) is 77.5 Å². The Hall–Kier alpha value is -1.89. The molecule has 7 heteroatoms. The third-order valence-electron chi connectivity index (χ3n) is 3.44. The summed E-state index contributed by atoms with van der Waals surface area (Å²) in [7, 11) is 0. The molecule has 0 bridgehead atoms. The Balaban J connectivity index is 2.15. The van der Waals surface area contributed by atoms with E-state index in [1.165, 1.54) is 22.4 Å². The second-order valence-electron chi connectivity index (χ2n) is 4.78. The van der Waals surface area contributed by atoms with E-state index >= 15 is 0 Å². The van der Waals surface area contributed by atoms with Gasteiger partial charge in [0.1, 0.15) is 5.65 Å². The monoisotopic (exact) mass is 291 g/mol. The predicted octanol–water partition coefficient (Wildman–Crippen LogP) is 2.64. The van der Waals surface area contributed by atoms with Gasteiger partial charge in [0.05, 0.1) is 4.92 Å². The minimum atomic E-state index is -0.619. The van der Waals surface area contributed by atoms with Crippen LogP contribution in [-0.2, 0) is 0 Å². The molecule has 3 rings (SSSR count). The summed E-state index contributed by atoms with van der Waals surface area (Å²) in [6, 6.07) is 5.10. The number of rotatable bonds is 3. The highest BCUT2D eigenvalue weighted by Gasteiger charge is 2.27. The Bertz CT molecular complexity index is 722. The van der Waals surface area contributed by atoms with Crippen LogP contribution in [0.1, 0.15) is 25.7 Å². The second kappa shape index (κ2) is 5.24. The molecular weight excluding hydrogens is 278 g/mol. The zero-order chi connectivity index (χ0) is 14.1. The third-order valence-corrected chi connectivity index (χ3v) is 4.75. The molecule has 0 amide bonds. The molecule has 0 unspecified atom stereocenters. The van der Waals surface area contributed by atoms with Gasteiger partial charge < -0.3 is 0 Å². The largest absolute Gasteiger partial charge is 0.366 e. The van der Waals surface area contributed by atoms with Gasteiger partial charge in [-0.25, -0.2) is 4.98 Å². The molecule has 0 aromatic carbocycles. The predicted molar refractivity (Wildman–Crippen MR) is 76.2 cm³/mol. The van der Waals surface area contributed by atoms with Crippen LogP contribution in [0.15, 0.2) is 34.2 Å². The first-order valence-corrected chi connectivity index (χ1v) is 7.37. The Morgan fingerprint density at radius 3 is 2.80 bits per heavy atom. The van der Waals surface area contributed by atoms with E-state index < -0.39 is 16.2 Å². The molecule has 1 aliphatic rings. The quantitative estimate of drug-likeness (QED) is 0.493. The molecule has 0 radical (unpaired) electrons. The van der Waals surface area contributed by atoms with E-state index in [0.29, 0.717) is 10.9 Å². The molecular formula is C13H13N3O3S. The van der Waals surface area contributed by atoms with Crippen LogP contribution in [0, 0.1) is 10.1 Å². The van der Waals surface area contributed by atoms with Crippen molar-refractivity contribution in [3.63, 3.8) is 0 Å². The standard InChI is InChI=1S/C13H13N3O3S/c17-13-11(16(18)19)12(20-9-5-1-2-6-9)14-10-7-3-4-8-15(10)13/h3-4,7-9H,1-2,5-6H2. The van der Waals surface area contributed by atoms with Crippen molar-refractivity contribution in [1.29, 1.82) is 0 Å². The van der Waals surface area contributed by atoms with Crippen molar-refractivity contribution in [2.75, 3.05) is 0 Å². The van der Waals surface area contributed by atoms with Gasteiger partial charge in [-0.2, -0.15) is 0 Å². The van der Waals surface area contributed by atoms with Gasteiger partial charge in [-0.15, -0.1) is 0 Å². The Morgan fingerprint density at radius 2 is 2.10 bits per heavy atom. The van der Waals surface area contributed by atoms with E-state index in [1.807, 2.05) is 0 Å². The highest BCUT2D eigenvalue weighted by Crippen LogP contribution is 2.36. The average molecular weight is 291 g/mol. The van der Waals surface area contributed by atoms with E-state index in [-0.39, 0.29) is 5.03 Å². The van der Waals surface area contributed by atoms with Crippen molar-refractivity contribution in [3.05, 3.63) is 44.9 Å². The third kappa shape index (κ3) is 2.29. The lowest BCUT2D eigenvalue weighted by Gasteiger charge is -2.09. The minimum Gasteiger partial charge on any atom is -0.262 e. The fourth-order valence-electron chi connectivity index (χ4n) is 2.46. The first-order chi connectivity index (χ1) is 9.66. The molecule has 2 aromatic rings. The number of aromatic nitrogens is 2. The van der Waals surface area contributed by atoms with Gasteiger partial charge in [0.15, 0.2) is 5.03 Å². The van der Waals surface area contributed by atoms with Crippen molar-refractivity contribution in [1.82, 2.24) is 9.38 Å². The summed E-state index contributed by atoms with van der Waals surface area (Å²) in [4.78, 5) is 27.1. The van der Waals surface area contributed by atoms with E-state index in [2.05, 4.69) is 4.98 Å². The van der Waals surface area contributed by atoms with Gasteiger partial charge in [0.25, 0.3) is 0 Å². The Kier molecular flexibility index (Phi) is 3.43. The van der Waals surface area contributed by atoms with Crippen LogP contribution in [0.25, 0.3) is 5.65 Å². The molecule has 0 spiro atoms. The number of nitro groups is 1. The first-order valence-electron chi connectivity index (χ1n) is 6.49. The zero-order valence-corrected chi connectivity index (χ0v) is 11.5. The highest BCUT2D eigenvalue weighted by atomic mass is 32.2. The summed E-state index contributed by atoms with van der Waals surface area (Å²) in [5, 5.41) is 11.8. The maximum atomic E-state index is 12.2. The van der Waals surface area contributed by atoms with Crippen molar-refractivity contribution >= 4 is 23.1 Å². The van der Waals surface area contributed by atoms with Crippen LogP contribution >= 0.6 is 11.8 Å². The molecule has 104 valence electrons. The highest BCUT2D eigenvalue weighted by molar-refractivity contribution is 8.00. The van der Waals surface area contributed by atoms with Crippen molar-refractivity contribution in [2.24, 2.45) is 0 Å². The van der Waals surface area contributed by atoms with Crippen LogP contribution in [0.4, 0.5) is 5.69 Å². The molecule has 2 heterocycles. The fourth-order valence-corrected chi connectivity index (χ4v) is 3.77. The van der Waals surface area contributed by atoms with Crippen molar-refractivity contribution < 1.29 is 4.92 Å². The van der Waals surface area contributed by atoms with E-state index in [0.717, 1.165) is 25.7 Å². The number of fused-ring (bicyclic) bond motifs is 1. The summed E-state index contributed by atoms with van der Waals surface area (Å²) in [5.41, 5.74) is -0.574. The van der Waals surface area contributed by atoms with Crippen LogP contribution in [-0.4, -0.2) is 19.6 Å². The van der Waals surface area contributed by atoms with Gasteiger partial charge in [-0.1, -0.05) is 30.7 Å². The molecule has 1 fully saturated rings. The SMILES string of the molecule is O=c1c([N+](=O)[O-])c(SC2CCCC2)nc2ccccn12. The van der Waals surface area contributed by atoms with Crippen LogP contribution < -0.4 is 5.56 Å². The van der Waals surface area contributed by atoms with Crippen LogP contribution in [0.3, 0.4) is 0 Å². The van der Waals surface area contributed by atoms with Crippen molar-refractivity contribution in [2.45, 2.75) is 36.0 Å². The van der Waals surface area contributed by atoms with Gasteiger partial charge in [-0.05, 0) is 25.0 Å². The summed E-state index contributed by atoms with van der Waals surface area (Å²) in [5.74, 6) is 0. The summed E-state index contributed by atoms with van der Waals surface area (Å²) < 4.78 is 1.22. The molecule has 1 aliphatic carbocycles. The Labute approximate surface area is 119 Å². The molecule has 0 aliphatic heterocycles. The first kappa shape index (κ1) is 13.1. The van der Waals surface area contributed by atoms with Gasteiger partial charge >= 0.3 is 11.2 Å². The van der Waals surface area contributed by atoms with Gasteiger partial charge in [0, 0.05) is 11.4 Å². The van der Waals surface area contributed by atoms with Crippen LogP contribution in [0.5, 0.6) is 0 Å². The average Bonchev–Trinajstić information content (AvgIpc) is 2.91. The number of hydrogen-bond acceptors (Lipinski definition) is 5. The zero-order valence-electron chi connectivity index (χ0n) is 10.7. The number of hydrogen-bond donors (Lipinski definition) is 0. The molecule has 1 saturated carbocycles. The molecule has 0 atom stereocenters. The normalized spacial score (nSPS) is 15.8. The van der Waals surface area contributed by atoms with Gasteiger partial charge in [0.2, 0.25) is 0 Å². The maximum Gasteiger partial charge on any atom is 0.366 e. The second-order valence-corrected chi connectivity index (χ2v) is 6.07.